The first kappa shape index (κ1) is 18.8. The van der Waals surface area contributed by atoms with E-state index in [1.165, 1.54) is 11.0 Å². The molecule has 0 aliphatic rings. The summed E-state index contributed by atoms with van der Waals surface area (Å²) >= 11 is 6.20. The smallest absolute Gasteiger partial charge is 0.415 e. The van der Waals surface area contributed by atoms with E-state index in [0.29, 0.717) is 10.6 Å². The largest absolute Gasteiger partial charge is 0.478 e. The van der Waals surface area contributed by atoms with Gasteiger partial charge in [-0.2, -0.15) is 0 Å². The third kappa shape index (κ3) is 4.97. The van der Waals surface area contributed by atoms with Gasteiger partial charge < -0.3 is 9.84 Å². The molecular weight excluding hydrogens is 342 g/mol. The van der Waals surface area contributed by atoms with E-state index in [9.17, 15) is 14.7 Å². The van der Waals surface area contributed by atoms with Gasteiger partial charge in [-0.15, -0.1) is 0 Å². The second-order valence-corrected chi connectivity index (χ2v) is 6.89. The van der Waals surface area contributed by atoms with Gasteiger partial charge in [0, 0.05) is 5.02 Å². The summed E-state index contributed by atoms with van der Waals surface area (Å²) < 4.78 is 5.45. The van der Waals surface area contributed by atoms with Crippen LogP contribution in [0.25, 0.3) is 0 Å². The first-order valence-corrected chi connectivity index (χ1v) is 8.13. The first-order chi connectivity index (χ1) is 11.7. The molecule has 0 bridgehead atoms. The number of para-hydroxylation sites is 1. The Hall–Kier alpha value is -2.53. The molecule has 6 heteroatoms. The Labute approximate surface area is 151 Å². The van der Waals surface area contributed by atoms with Gasteiger partial charge in [0.15, 0.2) is 0 Å². The van der Waals surface area contributed by atoms with Crippen molar-refractivity contribution in [1.82, 2.24) is 0 Å². The minimum Gasteiger partial charge on any atom is -0.478 e. The summed E-state index contributed by atoms with van der Waals surface area (Å²) in [5.74, 6) is -1.12. The van der Waals surface area contributed by atoms with Crippen molar-refractivity contribution in [3.8, 4) is 0 Å². The number of rotatable bonds is 4. The molecule has 0 atom stereocenters. The third-order valence-corrected chi connectivity index (χ3v) is 3.69. The summed E-state index contributed by atoms with van der Waals surface area (Å²) in [4.78, 5) is 25.6. The van der Waals surface area contributed by atoms with Crippen molar-refractivity contribution < 1.29 is 19.4 Å². The van der Waals surface area contributed by atoms with E-state index in [1.54, 1.807) is 63.2 Å². The normalized spacial score (nSPS) is 11.0. The summed E-state index contributed by atoms with van der Waals surface area (Å²) in [6.45, 7) is 5.35. The SMILES string of the molecule is CC(C)(C)OC(=O)N(Cc1ccccc1Cl)c1ccccc1C(=O)O. The van der Waals surface area contributed by atoms with Crippen LogP contribution in [-0.4, -0.2) is 22.8 Å². The number of carboxylic acids is 1. The monoisotopic (exact) mass is 361 g/mol. The van der Waals surface area contributed by atoms with Crippen molar-refractivity contribution in [2.45, 2.75) is 32.9 Å². The van der Waals surface area contributed by atoms with Crippen LogP contribution >= 0.6 is 11.6 Å². The number of aromatic carboxylic acids is 1. The van der Waals surface area contributed by atoms with E-state index in [1.807, 2.05) is 0 Å². The Balaban J connectivity index is 2.48. The van der Waals surface area contributed by atoms with Crippen LogP contribution in [0, 0.1) is 0 Å². The van der Waals surface area contributed by atoms with Crippen molar-refractivity contribution in [3.05, 3.63) is 64.7 Å². The topological polar surface area (TPSA) is 66.8 Å². The molecule has 0 aliphatic carbocycles. The quantitative estimate of drug-likeness (QED) is 0.833. The number of benzene rings is 2. The van der Waals surface area contributed by atoms with Crippen LogP contribution in [0.5, 0.6) is 0 Å². The van der Waals surface area contributed by atoms with Gasteiger partial charge in [-0.1, -0.05) is 41.9 Å². The minimum atomic E-state index is -1.12. The Morgan fingerprint density at radius 2 is 1.68 bits per heavy atom. The molecular formula is C19H20ClNO4. The van der Waals surface area contributed by atoms with Crippen molar-refractivity contribution in [2.75, 3.05) is 4.90 Å². The van der Waals surface area contributed by atoms with Crippen LogP contribution in [0.1, 0.15) is 36.7 Å². The molecule has 1 amide bonds. The van der Waals surface area contributed by atoms with Gasteiger partial charge in [-0.05, 0) is 44.5 Å². The molecule has 0 saturated heterocycles. The van der Waals surface area contributed by atoms with Gasteiger partial charge in [0.2, 0.25) is 0 Å². The summed E-state index contributed by atoms with van der Waals surface area (Å²) in [5.41, 5.74) is 0.244. The molecule has 1 N–H and O–H groups in total. The lowest BCUT2D eigenvalue weighted by molar-refractivity contribution is 0.0577. The summed E-state index contributed by atoms with van der Waals surface area (Å²) in [7, 11) is 0. The lowest BCUT2D eigenvalue weighted by Crippen LogP contribution is -2.37. The molecule has 132 valence electrons. The molecule has 0 saturated carbocycles. The maximum atomic E-state index is 12.7. The zero-order chi connectivity index (χ0) is 18.6. The molecule has 0 spiro atoms. The van der Waals surface area contributed by atoms with Crippen LogP contribution in [-0.2, 0) is 11.3 Å². The number of nitrogens with zero attached hydrogens (tertiary/aromatic N) is 1. The Morgan fingerprint density at radius 3 is 2.28 bits per heavy atom. The van der Waals surface area contributed by atoms with E-state index in [0.717, 1.165) is 0 Å². The fourth-order valence-corrected chi connectivity index (χ4v) is 2.45. The number of anilines is 1. The Kier molecular flexibility index (Phi) is 5.69. The summed E-state index contributed by atoms with van der Waals surface area (Å²) in [6, 6.07) is 13.4. The molecule has 0 unspecified atom stereocenters. The second-order valence-electron chi connectivity index (χ2n) is 6.48. The van der Waals surface area contributed by atoms with Gasteiger partial charge in [0.25, 0.3) is 0 Å². The van der Waals surface area contributed by atoms with Crippen molar-refractivity contribution in [2.24, 2.45) is 0 Å². The van der Waals surface area contributed by atoms with Crippen LogP contribution in [0.2, 0.25) is 5.02 Å². The number of carbonyl (C=O) groups excluding carboxylic acids is 1. The maximum Gasteiger partial charge on any atom is 0.415 e. The predicted molar refractivity (Wildman–Crippen MR) is 97.3 cm³/mol. The maximum absolute atomic E-state index is 12.7. The lowest BCUT2D eigenvalue weighted by Gasteiger charge is -2.28. The number of halogens is 1. The molecule has 5 nitrogen and oxygen atoms in total. The highest BCUT2D eigenvalue weighted by Gasteiger charge is 2.27. The molecule has 0 fully saturated rings. The van der Waals surface area contributed by atoms with E-state index in [-0.39, 0.29) is 17.8 Å². The highest BCUT2D eigenvalue weighted by atomic mass is 35.5. The summed E-state index contributed by atoms with van der Waals surface area (Å²) in [5, 5.41) is 9.93. The highest BCUT2D eigenvalue weighted by molar-refractivity contribution is 6.31. The molecule has 0 heterocycles. The molecule has 0 aromatic heterocycles. The highest BCUT2D eigenvalue weighted by Crippen LogP contribution is 2.27. The van der Waals surface area contributed by atoms with E-state index in [4.69, 9.17) is 16.3 Å². The van der Waals surface area contributed by atoms with E-state index >= 15 is 0 Å². The molecule has 0 aliphatic heterocycles. The average molecular weight is 362 g/mol. The van der Waals surface area contributed by atoms with Crippen LogP contribution in [0.15, 0.2) is 48.5 Å². The van der Waals surface area contributed by atoms with Crippen LogP contribution < -0.4 is 4.90 Å². The molecule has 25 heavy (non-hydrogen) atoms. The van der Waals surface area contributed by atoms with Gasteiger partial charge in [-0.3, -0.25) is 4.90 Å². The number of ether oxygens (including phenoxy) is 1. The van der Waals surface area contributed by atoms with E-state index in [2.05, 4.69) is 0 Å². The van der Waals surface area contributed by atoms with Gasteiger partial charge in [-0.25, -0.2) is 9.59 Å². The van der Waals surface area contributed by atoms with Gasteiger partial charge in [0.1, 0.15) is 5.60 Å². The third-order valence-electron chi connectivity index (χ3n) is 3.33. The second kappa shape index (κ2) is 7.57. The zero-order valence-corrected chi connectivity index (χ0v) is 15.1. The number of carbonyl (C=O) groups is 2. The van der Waals surface area contributed by atoms with Crippen molar-refractivity contribution in [3.63, 3.8) is 0 Å². The number of hydrogen-bond donors (Lipinski definition) is 1. The fraction of sp³-hybridized carbons (Fsp3) is 0.263. The Bertz CT molecular complexity index is 783. The molecule has 0 radical (unpaired) electrons. The first-order valence-electron chi connectivity index (χ1n) is 7.75. The van der Waals surface area contributed by atoms with Crippen LogP contribution in [0.3, 0.4) is 0 Å². The standard InChI is InChI=1S/C19H20ClNO4/c1-19(2,3)25-18(24)21(12-13-8-4-6-10-15(13)20)16-11-7-5-9-14(16)17(22)23/h4-11H,12H2,1-3H3,(H,22,23). The number of amides is 1. The van der Waals surface area contributed by atoms with Gasteiger partial charge in [0.05, 0.1) is 17.8 Å². The van der Waals surface area contributed by atoms with Crippen molar-refractivity contribution in [1.29, 1.82) is 0 Å². The van der Waals surface area contributed by atoms with Crippen LogP contribution in [0.4, 0.5) is 10.5 Å². The average Bonchev–Trinajstić information content (AvgIpc) is 2.52. The molecule has 2 rings (SSSR count). The Morgan fingerprint density at radius 1 is 1.08 bits per heavy atom. The molecule has 2 aromatic rings. The fourth-order valence-electron chi connectivity index (χ4n) is 2.25. The van der Waals surface area contributed by atoms with E-state index < -0.39 is 17.7 Å². The predicted octanol–water partition coefficient (Wildman–Crippen LogP) is 4.98. The van der Waals surface area contributed by atoms with Crippen molar-refractivity contribution >= 4 is 29.4 Å². The zero-order valence-electron chi connectivity index (χ0n) is 14.3. The van der Waals surface area contributed by atoms with Gasteiger partial charge >= 0.3 is 12.1 Å². The lowest BCUT2D eigenvalue weighted by atomic mass is 10.1. The number of hydrogen-bond acceptors (Lipinski definition) is 3. The molecule has 2 aromatic carbocycles. The summed E-state index contributed by atoms with van der Waals surface area (Å²) in [6.07, 6.45) is -0.638. The minimum absolute atomic E-state index is 0.0143. The number of carboxylic acid groups (broad SMARTS) is 1.